The Hall–Kier alpha value is -1.85. The summed E-state index contributed by atoms with van der Waals surface area (Å²) in [7, 11) is 0. The highest BCUT2D eigenvalue weighted by Gasteiger charge is 2.18. The number of carbonyl (C=O) groups excluding carboxylic acids is 1. The van der Waals surface area contributed by atoms with Gasteiger partial charge in [0, 0.05) is 18.7 Å². The number of aliphatic carboxylic acids is 1. The van der Waals surface area contributed by atoms with E-state index in [2.05, 4.69) is 15.5 Å². The molecule has 1 amide bonds. The van der Waals surface area contributed by atoms with E-state index in [9.17, 15) is 9.59 Å². The van der Waals surface area contributed by atoms with Gasteiger partial charge in [-0.2, -0.15) is 5.10 Å². The van der Waals surface area contributed by atoms with E-state index in [0.717, 1.165) is 18.4 Å². The van der Waals surface area contributed by atoms with Crippen LogP contribution in [0.25, 0.3) is 0 Å². The molecule has 1 aromatic heterocycles. The standard InChI is InChI=1S/C13H21N3O3/c1-9(2)11(6-13(18)19)16-12(17)5-3-4-10-7-14-15-8-10/h7-9,11H,3-6H2,1-2H3,(H,14,15)(H,16,17)(H,18,19)/t11-/m1/s1. The van der Waals surface area contributed by atoms with Crippen LogP contribution in [0.2, 0.25) is 0 Å². The van der Waals surface area contributed by atoms with Crippen molar-refractivity contribution in [2.45, 2.75) is 45.6 Å². The van der Waals surface area contributed by atoms with Crippen LogP contribution in [-0.4, -0.2) is 33.2 Å². The number of carboxylic acids is 1. The van der Waals surface area contributed by atoms with Crippen molar-refractivity contribution in [2.24, 2.45) is 5.92 Å². The SMILES string of the molecule is CC(C)[C@@H](CC(=O)O)NC(=O)CCCc1cn[nH]c1. The Balaban J connectivity index is 2.29. The third kappa shape index (κ3) is 6.03. The third-order valence-electron chi connectivity index (χ3n) is 2.97. The van der Waals surface area contributed by atoms with Gasteiger partial charge in [0.25, 0.3) is 0 Å². The molecule has 1 atom stereocenters. The van der Waals surface area contributed by atoms with E-state index in [4.69, 9.17) is 5.11 Å². The molecule has 19 heavy (non-hydrogen) atoms. The van der Waals surface area contributed by atoms with Gasteiger partial charge in [0.15, 0.2) is 0 Å². The molecule has 6 nitrogen and oxygen atoms in total. The molecule has 0 bridgehead atoms. The number of aromatic nitrogens is 2. The van der Waals surface area contributed by atoms with Crippen molar-refractivity contribution in [1.82, 2.24) is 15.5 Å². The van der Waals surface area contributed by atoms with Crippen molar-refractivity contribution in [1.29, 1.82) is 0 Å². The van der Waals surface area contributed by atoms with Gasteiger partial charge in [0.05, 0.1) is 12.6 Å². The Morgan fingerprint density at radius 3 is 2.74 bits per heavy atom. The highest BCUT2D eigenvalue weighted by molar-refractivity contribution is 5.77. The van der Waals surface area contributed by atoms with Crippen molar-refractivity contribution in [3.8, 4) is 0 Å². The van der Waals surface area contributed by atoms with E-state index in [1.54, 1.807) is 12.4 Å². The zero-order valence-electron chi connectivity index (χ0n) is 11.3. The number of carboxylic acid groups (broad SMARTS) is 1. The molecule has 0 unspecified atom stereocenters. The predicted octanol–water partition coefficient (Wildman–Crippen LogP) is 1.35. The van der Waals surface area contributed by atoms with Gasteiger partial charge in [-0.25, -0.2) is 0 Å². The van der Waals surface area contributed by atoms with Gasteiger partial charge >= 0.3 is 5.97 Å². The summed E-state index contributed by atoms with van der Waals surface area (Å²) in [6.07, 6.45) is 5.41. The van der Waals surface area contributed by atoms with Crippen LogP contribution in [0.4, 0.5) is 0 Å². The highest BCUT2D eigenvalue weighted by atomic mass is 16.4. The zero-order chi connectivity index (χ0) is 14.3. The minimum Gasteiger partial charge on any atom is -0.481 e. The normalized spacial score (nSPS) is 12.4. The van der Waals surface area contributed by atoms with Crippen LogP contribution >= 0.6 is 0 Å². The summed E-state index contributed by atoms with van der Waals surface area (Å²) in [4.78, 5) is 22.4. The Morgan fingerprint density at radius 2 is 2.21 bits per heavy atom. The second-order valence-corrected chi connectivity index (χ2v) is 4.98. The number of carbonyl (C=O) groups is 2. The lowest BCUT2D eigenvalue weighted by Crippen LogP contribution is -2.40. The van der Waals surface area contributed by atoms with E-state index in [1.165, 1.54) is 0 Å². The Morgan fingerprint density at radius 1 is 1.47 bits per heavy atom. The molecule has 106 valence electrons. The molecule has 1 aromatic rings. The van der Waals surface area contributed by atoms with Gasteiger partial charge in [0.2, 0.25) is 5.91 Å². The Bertz CT molecular complexity index is 401. The average molecular weight is 267 g/mol. The number of hydrogen-bond donors (Lipinski definition) is 3. The lowest BCUT2D eigenvalue weighted by Gasteiger charge is -2.20. The van der Waals surface area contributed by atoms with Gasteiger partial charge < -0.3 is 10.4 Å². The molecule has 0 saturated heterocycles. The number of nitrogens with zero attached hydrogens (tertiary/aromatic N) is 1. The number of H-pyrrole nitrogens is 1. The van der Waals surface area contributed by atoms with E-state index in [1.807, 2.05) is 13.8 Å². The Kier molecular flexibility index (Phi) is 6.05. The van der Waals surface area contributed by atoms with Crippen LogP contribution in [-0.2, 0) is 16.0 Å². The van der Waals surface area contributed by atoms with Crippen LogP contribution in [0, 0.1) is 5.92 Å². The predicted molar refractivity (Wildman–Crippen MR) is 70.5 cm³/mol. The molecule has 0 aliphatic rings. The minimum absolute atomic E-state index is 0.0366. The summed E-state index contributed by atoms with van der Waals surface area (Å²) in [5, 5.41) is 18.1. The van der Waals surface area contributed by atoms with Crippen LogP contribution in [0.5, 0.6) is 0 Å². The van der Waals surface area contributed by atoms with E-state index >= 15 is 0 Å². The molecule has 3 N–H and O–H groups in total. The molecule has 0 aliphatic heterocycles. The van der Waals surface area contributed by atoms with Crippen LogP contribution in [0.1, 0.15) is 38.7 Å². The molecule has 0 radical (unpaired) electrons. The third-order valence-corrected chi connectivity index (χ3v) is 2.97. The molecular formula is C13H21N3O3. The van der Waals surface area contributed by atoms with Crippen molar-refractivity contribution in [3.05, 3.63) is 18.0 Å². The summed E-state index contributed by atoms with van der Waals surface area (Å²) in [6, 6.07) is -0.307. The molecule has 1 rings (SSSR count). The topological polar surface area (TPSA) is 95.1 Å². The summed E-state index contributed by atoms with van der Waals surface area (Å²) >= 11 is 0. The van der Waals surface area contributed by atoms with Crippen molar-refractivity contribution < 1.29 is 14.7 Å². The lowest BCUT2D eigenvalue weighted by atomic mass is 10.0. The fourth-order valence-corrected chi connectivity index (χ4v) is 1.79. The number of amides is 1. The maximum atomic E-state index is 11.7. The molecule has 6 heteroatoms. The first kappa shape index (κ1) is 15.2. The summed E-state index contributed by atoms with van der Waals surface area (Å²) in [5.41, 5.74) is 1.07. The molecule has 1 heterocycles. The largest absolute Gasteiger partial charge is 0.481 e. The number of aromatic amines is 1. The molecule has 0 saturated carbocycles. The summed E-state index contributed by atoms with van der Waals surface area (Å²) in [6.45, 7) is 3.80. The van der Waals surface area contributed by atoms with Crippen molar-refractivity contribution >= 4 is 11.9 Å². The zero-order valence-corrected chi connectivity index (χ0v) is 11.3. The second-order valence-electron chi connectivity index (χ2n) is 4.98. The van der Waals surface area contributed by atoms with E-state index < -0.39 is 5.97 Å². The van der Waals surface area contributed by atoms with Crippen molar-refractivity contribution in [2.75, 3.05) is 0 Å². The molecule has 0 fully saturated rings. The van der Waals surface area contributed by atoms with Gasteiger partial charge in [-0.05, 0) is 24.3 Å². The number of aryl methyl sites for hydroxylation is 1. The summed E-state index contributed by atoms with van der Waals surface area (Å²) < 4.78 is 0. The molecule has 0 aromatic carbocycles. The molecular weight excluding hydrogens is 246 g/mol. The van der Waals surface area contributed by atoms with Gasteiger partial charge in [-0.3, -0.25) is 14.7 Å². The fraction of sp³-hybridized carbons (Fsp3) is 0.615. The summed E-state index contributed by atoms with van der Waals surface area (Å²) in [5.74, 6) is -0.880. The van der Waals surface area contributed by atoms with Crippen LogP contribution in [0.3, 0.4) is 0 Å². The monoisotopic (exact) mass is 267 g/mol. The molecule has 0 aliphatic carbocycles. The van der Waals surface area contributed by atoms with Gasteiger partial charge in [0.1, 0.15) is 0 Å². The van der Waals surface area contributed by atoms with Crippen LogP contribution in [0.15, 0.2) is 12.4 Å². The number of rotatable bonds is 8. The van der Waals surface area contributed by atoms with E-state index in [0.29, 0.717) is 6.42 Å². The number of nitrogens with one attached hydrogen (secondary N) is 2. The average Bonchev–Trinajstić information content (AvgIpc) is 2.80. The van der Waals surface area contributed by atoms with Gasteiger partial charge in [-0.1, -0.05) is 13.8 Å². The van der Waals surface area contributed by atoms with Gasteiger partial charge in [-0.15, -0.1) is 0 Å². The lowest BCUT2D eigenvalue weighted by molar-refractivity contribution is -0.138. The minimum atomic E-state index is -0.891. The quantitative estimate of drug-likeness (QED) is 0.662. The highest BCUT2D eigenvalue weighted by Crippen LogP contribution is 2.08. The second kappa shape index (κ2) is 7.56. The molecule has 0 spiro atoms. The first-order valence-corrected chi connectivity index (χ1v) is 6.48. The fourth-order valence-electron chi connectivity index (χ4n) is 1.79. The first-order valence-electron chi connectivity index (χ1n) is 6.48. The Labute approximate surface area is 112 Å². The smallest absolute Gasteiger partial charge is 0.305 e. The maximum absolute atomic E-state index is 11.7. The van der Waals surface area contributed by atoms with Crippen molar-refractivity contribution in [3.63, 3.8) is 0 Å². The van der Waals surface area contributed by atoms with E-state index in [-0.39, 0.29) is 24.3 Å². The number of hydrogen-bond acceptors (Lipinski definition) is 3. The maximum Gasteiger partial charge on any atom is 0.305 e. The van der Waals surface area contributed by atoms with Crippen LogP contribution < -0.4 is 5.32 Å². The first-order chi connectivity index (χ1) is 8.99.